The van der Waals surface area contributed by atoms with Gasteiger partial charge in [-0.1, -0.05) is 78.9 Å². The number of phenols is 1. The highest BCUT2D eigenvalue weighted by molar-refractivity contribution is 5.89. The highest BCUT2D eigenvalue weighted by atomic mass is 16.5. The van der Waals surface area contributed by atoms with Crippen molar-refractivity contribution < 1.29 is 9.84 Å². The third-order valence-electron chi connectivity index (χ3n) is 5.13. The van der Waals surface area contributed by atoms with Crippen LogP contribution < -0.4 is 10.1 Å². The van der Waals surface area contributed by atoms with E-state index in [1.807, 2.05) is 66.7 Å². The van der Waals surface area contributed by atoms with E-state index in [2.05, 4.69) is 23.5 Å². The molecule has 0 fully saturated rings. The second-order valence-corrected chi connectivity index (χ2v) is 6.77. The number of phenolic OH excluding ortho intramolecular Hbond substituents is 1. The summed E-state index contributed by atoms with van der Waals surface area (Å²) in [6.45, 7) is 0. The van der Waals surface area contributed by atoms with Crippen molar-refractivity contribution in [3.05, 3.63) is 108 Å². The van der Waals surface area contributed by atoms with Crippen LogP contribution in [0.2, 0.25) is 0 Å². The minimum Gasteiger partial charge on any atom is -0.508 e. The highest BCUT2D eigenvalue weighted by Gasteiger charge is 2.32. The summed E-state index contributed by atoms with van der Waals surface area (Å²) in [4.78, 5) is 0. The molecule has 2 atom stereocenters. The molecule has 0 spiro atoms. The van der Waals surface area contributed by atoms with Crippen LogP contribution in [0.4, 0.5) is 0 Å². The van der Waals surface area contributed by atoms with Gasteiger partial charge >= 0.3 is 0 Å². The van der Waals surface area contributed by atoms with Gasteiger partial charge in [0.2, 0.25) is 0 Å². The maximum atomic E-state index is 10.5. The monoisotopic (exact) mass is 353 g/mol. The molecule has 1 aliphatic rings. The van der Waals surface area contributed by atoms with Crippen molar-refractivity contribution >= 4 is 10.8 Å². The summed E-state index contributed by atoms with van der Waals surface area (Å²) in [5, 5.41) is 16.4. The Bertz CT molecular complexity index is 1110. The van der Waals surface area contributed by atoms with Crippen LogP contribution in [0.25, 0.3) is 10.8 Å². The van der Waals surface area contributed by atoms with Gasteiger partial charge in [-0.15, -0.1) is 0 Å². The van der Waals surface area contributed by atoms with Crippen molar-refractivity contribution in [2.24, 2.45) is 0 Å². The normalized spacial score (nSPS) is 18.7. The van der Waals surface area contributed by atoms with Gasteiger partial charge in [-0.3, -0.25) is 5.32 Å². The molecule has 1 aliphatic heterocycles. The Morgan fingerprint density at radius 2 is 1.48 bits per heavy atom. The van der Waals surface area contributed by atoms with Crippen LogP contribution in [0.5, 0.6) is 11.5 Å². The van der Waals surface area contributed by atoms with Gasteiger partial charge in [0.05, 0.1) is 6.04 Å². The molecule has 0 amide bonds. The molecule has 3 heteroatoms. The Morgan fingerprint density at radius 1 is 0.741 bits per heavy atom. The summed E-state index contributed by atoms with van der Waals surface area (Å²) >= 11 is 0. The van der Waals surface area contributed by atoms with Gasteiger partial charge in [-0.05, 0) is 22.9 Å². The predicted molar refractivity (Wildman–Crippen MR) is 107 cm³/mol. The maximum Gasteiger partial charge on any atom is 0.177 e. The molecule has 4 aromatic carbocycles. The van der Waals surface area contributed by atoms with E-state index in [0.717, 1.165) is 33.2 Å². The van der Waals surface area contributed by atoms with Gasteiger partial charge in [0, 0.05) is 16.7 Å². The first-order valence-corrected chi connectivity index (χ1v) is 9.08. The Hall–Kier alpha value is -3.30. The number of fused-ring (bicyclic) bond motifs is 3. The van der Waals surface area contributed by atoms with Crippen molar-refractivity contribution in [1.82, 2.24) is 5.32 Å². The standard InChI is InChI=1S/C24H19NO2/c26-20-13-7-6-12-19(20)23-22-18-11-5-4-8-16(18)14-15-21(22)27-24(25-23)17-9-2-1-3-10-17/h1-15,23-26H/t23-,24+/m0/s1. The summed E-state index contributed by atoms with van der Waals surface area (Å²) < 4.78 is 6.32. The lowest BCUT2D eigenvalue weighted by Crippen LogP contribution is -2.35. The quantitative estimate of drug-likeness (QED) is 0.513. The van der Waals surface area contributed by atoms with Crippen LogP contribution >= 0.6 is 0 Å². The van der Waals surface area contributed by atoms with E-state index < -0.39 is 0 Å². The van der Waals surface area contributed by atoms with Crippen LogP contribution in [0.3, 0.4) is 0 Å². The molecular weight excluding hydrogens is 334 g/mol. The summed E-state index contributed by atoms with van der Waals surface area (Å²) in [7, 11) is 0. The van der Waals surface area contributed by atoms with Gasteiger partial charge in [-0.2, -0.15) is 0 Å². The topological polar surface area (TPSA) is 41.5 Å². The van der Waals surface area contributed by atoms with Crippen molar-refractivity contribution in [1.29, 1.82) is 0 Å². The lowest BCUT2D eigenvalue weighted by atomic mass is 9.90. The predicted octanol–water partition coefficient (Wildman–Crippen LogP) is 5.32. The lowest BCUT2D eigenvalue weighted by Gasteiger charge is -2.35. The van der Waals surface area contributed by atoms with Crippen LogP contribution in [0.1, 0.15) is 29.0 Å². The Balaban J connectivity index is 1.73. The van der Waals surface area contributed by atoms with Gasteiger partial charge in [0.25, 0.3) is 0 Å². The molecule has 0 aromatic heterocycles. The second kappa shape index (κ2) is 6.45. The van der Waals surface area contributed by atoms with E-state index in [1.54, 1.807) is 6.07 Å². The smallest absolute Gasteiger partial charge is 0.177 e. The first kappa shape index (κ1) is 15.9. The molecule has 5 rings (SSSR count). The molecule has 0 saturated heterocycles. The number of hydrogen-bond donors (Lipinski definition) is 2. The maximum absolute atomic E-state index is 10.5. The number of benzene rings is 4. The number of para-hydroxylation sites is 1. The molecule has 0 radical (unpaired) electrons. The minimum atomic E-state index is -0.288. The van der Waals surface area contributed by atoms with Crippen molar-refractivity contribution in [3.8, 4) is 11.5 Å². The third kappa shape index (κ3) is 2.73. The Kier molecular flexibility index (Phi) is 3.80. The zero-order valence-electron chi connectivity index (χ0n) is 14.7. The summed E-state index contributed by atoms with van der Waals surface area (Å²) in [5.74, 6) is 1.12. The van der Waals surface area contributed by atoms with Crippen molar-refractivity contribution in [2.45, 2.75) is 12.3 Å². The molecule has 0 aliphatic carbocycles. The van der Waals surface area contributed by atoms with E-state index in [4.69, 9.17) is 4.74 Å². The average molecular weight is 353 g/mol. The highest BCUT2D eigenvalue weighted by Crippen LogP contribution is 2.44. The molecule has 1 heterocycles. The van der Waals surface area contributed by atoms with E-state index in [9.17, 15) is 5.11 Å². The number of rotatable bonds is 2. The number of aromatic hydroxyl groups is 1. The fourth-order valence-corrected chi connectivity index (χ4v) is 3.84. The number of ether oxygens (including phenoxy) is 1. The second-order valence-electron chi connectivity index (χ2n) is 6.77. The van der Waals surface area contributed by atoms with Crippen LogP contribution in [0.15, 0.2) is 91.0 Å². The van der Waals surface area contributed by atoms with E-state index >= 15 is 0 Å². The van der Waals surface area contributed by atoms with Crippen molar-refractivity contribution in [3.63, 3.8) is 0 Å². The Labute approximate surface area is 157 Å². The molecule has 2 N–H and O–H groups in total. The molecular formula is C24H19NO2. The minimum absolute atomic E-state index is 0.175. The Morgan fingerprint density at radius 3 is 2.33 bits per heavy atom. The molecule has 4 aromatic rings. The van der Waals surface area contributed by atoms with Gasteiger partial charge in [0.15, 0.2) is 6.23 Å². The fraction of sp³-hybridized carbons (Fsp3) is 0.0833. The van der Waals surface area contributed by atoms with Crippen LogP contribution in [0, 0.1) is 0 Å². The molecule has 0 saturated carbocycles. The van der Waals surface area contributed by atoms with Crippen LogP contribution in [-0.4, -0.2) is 5.11 Å². The SMILES string of the molecule is Oc1ccccc1[C@@H]1N[C@@H](c2ccccc2)Oc2ccc3ccccc3c21. The van der Waals surface area contributed by atoms with E-state index in [-0.39, 0.29) is 18.0 Å². The number of nitrogens with one attached hydrogen (secondary N) is 1. The van der Waals surface area contributed by atoms with E-state index in [0.29, 0.717) is 0 Å². The molecule has 0 unspecified atom stereocenters. The number of hydrogen-bond acceptors (Lipinski definition) is 3. The molecule has 0 bridgehead atoms. The molecule has 27 heavy (non-hydrogen) atoms. The van der Waals surface area contributed by atoms with Gasteiger partial charge in [0.1, 0.15) is 11.5 Å². The summed E-state index contributed by atoms with van der Waals surface area (Å²) in [6.07, 6.45) is -0.288. The van der Waals surface area contributed by atoms with E-state index in [1.165, 1.54) is 0 Å². The zero-order chi connectivity index (χ0) is 18.2. The average Bonchev–Trinajstić information content (AvgIpc) is 2.74. The molecule has 132 valence electrons. The zero-order valence-corrected chi connectivity index (χ0v) is 14.7. The first-order chi connectivity index (χ1) is 13.3. The fourth-order valence-electron chi connectivity index (χ4n) is 3.84. The summed E-state index contributed by atoms with van der Waals surface area (Å²) in [6, 6.07) is 29.8. The third-order valence-corrected chi connectivity index (χ3v) is 5.13. The van der Waals surface area contributed by atoms with Gasteiger partial charge in [-0.25, -0.2) is 0 Å². The van der Waals surface area contributed by atoms with Crippen LogP contribution in [-0.2, 0) is 0 Å². The largest absolute Gasteiger partial charge is 0.508 e. The molecule has 3 nitrogen and oxygen atoms in total. The first-order valence-electron chi connectivity index (χ1n) is 9.08. The van der Waals surface area contributed by atoms with Gasteiger partial charge < -0.3 is 9.84 Å². The lowest BCUT2D eigenvalue weighted by molar-refractivity contribution is 0.133. The van der Waals surface area contributed by atoms with Crippen molar-refractivity contribution in [2.75, 3.05) is 0 Å². The summed E-state index contributed by atoms with van der Waals surface area (Å²) in [5.41, 5.74) is 2.96.